The summed E-state index contributed by atoms with van der Waals surface area (Å²) >= 11 is 0. The van der Waals surface area contributed by atoms with Gasteiger partial charge >= 0.3 is 6.03 Å². The molecule has 0 saturated carbocycles. The van der Waals surface area contributed by atoms with Crippen LogP contribution in [0, 0.1) is 11.3 Å². The molecule has 9 nitrogen and oxygen atoms in total. The Hall–Kier alpha value is -3.41. The number of hydrogen-bond acceptors (Lipinski definition) is 5. The molecule has 3 aromatic rings. The summed E-state index contributed by atoms with van der Waals surface area (Å²) in [7, 11) is 0. The number of likely N-dealkylation sites (tertiary alicyclic amines) is 1. The summed E-state index contributed by atoms with van der Waals surface area (Å²) in [4.78, 5) is 26.5. The van der Waals surface area contributed by atoms with E-state index in [4.69, 9.17) is 5.26 Å². The highest BCUT2D eigenvalue weighted by molar-refractivity contribution is 5.76. The van der Waals surface area contributed by atoms with Crippen molar-refractivity contribution in [2.24, 2.45) is 0 Å². The van der Waals surface area contributed by atoms with Crippen molar-refractivity contribution in [1.82, 2.24) is 34.9 Å². The molecule has 9 heteroatoms. The molecule has 0 radical (unpaired) electrons. The van der Waals surface area contributed by atoms with E-state index in [-0.39, 0.29) is 17.9 Å². The number of urea groups is 1. The Morgan fingerprint density at radius 2 is 2.26 bits per heavy atom. The van der Waals surface area contributed by atoms with Crippen LogP contribution in [0.15, 0.2) is 30.6 Å². The number of imidazole rings is 1. The first-order chi connectivity index (χ1) is 13.2. The molecule has 27 heavy (non-hydrogen) atoms. The monoisotopic (exact) mass is 364 g/mol. The van der Waals surface area contributed by atoms with Crippen molar-refractivity contribution in [3.8, 4) is 6.07 Å². The van der Waals surface area contributed by atoms with Crippen molar-refractivity contribution in [1.29, 1.82) is 5.26 Å². The van der Waals surface area contributed by atoms with Gasteiger partial charge in [-0.3, -0.25) is 0 Å². The molecule has 1 aliphatic heterocycles. The number of benzene rings is 1. The van der Waals surface area contributed by atoms with E-state index in [2.05, 4.69) is 25.4 Å². The first-order valence-corrected chi connectivity index (χ1v) is 9.03. The number of amides is 2. The summed E-state index contributed by atoms with van der Waals surface area (Å²) in [6, 6.07) is 9.61. The van der Waals surface area contributed by atoms with E-state index in [1.165, 1.54) is 6.33 Å². The van der Waals surface area contributed by atoms with Gasteiger partial charge < -0.3 is 15.2 Å². The highest BCUT2D eigenvalue weighted by Gasteiger charge is 2.30. The van der Waals surface area contributed by atoms with Crippen LogP contribution in [0.4, 0.5) is 4.79 Å². The van der Waals surface area contributed by atoms with Gasteiger partial charge in [0.05, 0.1) is 23.6 Å². The van der Waals surface area contributed by atoms with Crippen LogP contribution in [0.25, 0.3) is 11.0 Å². The third-order valence-electron chi connectivity index (χ3n) is 4.74. The molecule has 2 amide bonds. The van der Waals surface area contributed by atoms with Crippen LogP contribution in [-0.4, -0.2) is 48.8 Å². The smallest absolute Gasteiger partial charge is 0.318 e. The number of carbonyl (C=O) groups is 1. The molecule has 0 bridgehead atoms. The van der Waals surface area contributed by atoms with Gasteiger partial charge in [0.2, 0.25) is 0 Å². The van der Waals surface area contributed by atoms with E-state index in [0.29, 0.717) is 19.6 Å². The van der Waals surface area contributed by atoms with E-state index < -0.39 is 0 Å². The maximum absolute atomic E-state index is 12.7. The van der Waals surface area contributed by atoms with Gasteiger partial charge in [-0.1, -0.05) is 12.1 Å². The highest BCUT2D eigenvalue weighted by atomic mass is 16.2. The fourth-order valence-electron chi connectivity index (χ4n) is 3.42. The number of fused-ring (bicyclic) bond motifs is 1. The molecule has 138 valence electrons. The molecule has 1 saturated heterocycles. The van der Waals surface area contributed by atoms with Gasteiger partial charge in [-0.15, -0.1) is 5.10 Å². The predicted molar refractivity (Wildman–Crippen MR) is 97.5 cm³/mol. The topological polar surface area (TPSA) is 116 Å². The zero-order valence-corrected chi connectivity index (χ0v) is 14.8. The first kappa shape index (κ1) is 17.0. The predicted octanol–water partition coefficient (Wildman–Crippen LogP) is 1.96. The molecule has 1 atom stereocenters. The second kappa shape index (κ2) is 7.45. The Morgan fingerprint density at radius 1 is 1.37 bits per heavy atom. The minimum Gasteiger partial charge on any atom is -0.340 e. The van der Waals surface area contributed by atoms with Crippen LogP contribution in [0.3, 0.4) is 0 Å². The Kier molecular flexibility index (Phi) is 4.70. The standard InChI is InChI=1S/C18H20N8O/c19-11-16-21-12-25(24-16)10-8-20-18(27)26-9-4-3-7-15(26)17-22-13-5-1-2-6-14(13)23-17/h1-2,5-6,12,15H,3-4,7-10H2,(H,20,27)(H,22,23). The number of piperidine rings is 1. The van der Waals surface area contributed by atoms with Crippen LogP contribution >= 0.6 is 0 Å². The Balaban J connectivity index is 1.42. The second-order valence-electron chi connectivity index (χ2n) is 6.52. The molecule has 0 aliphatic carbocycles. The minimum atomic E-state index is -0.110. The van der Waals surface area contributed by atoms with Crippen LogP contribution in [0.5, 0.6) is 0 Å². The van der Waals surface area contributed by atoms with Crippen LogP contribution in [0.1, 0.15) is 37.0 Å². The summed E-state index contributed by atoms with van der Waals surface area (Å²) in [6.07, 6.45) is 4.44. The fourth-order valence-corrected chi connectivity index (χ4v) is 3.42. The number of carbonyl (C=O) groups excluding carboxylic acids is 1. The molecule has 1 fully saturated rings. The maximum atomic E-state index is 12.7. The van der Waals surface area contributed by atoms with Gasteiger partial charge in [-0.25, -0.2) is 19.4 Å². The average Bonchev–Trinajstić information content (AvgIpc) is 3.34. The largest absolute Gasteiger partial charge is 0.340 e. The average molecular weight is 364 g/mol. The highest BCUT2D eigenvalue weighted by Crippen LogP contribution is 2.30. The number of hydrogen-bond donors (Lipinski definition) is 2. The van der Waals surface area contributed by atoms with Crippen molar-refractivity contribution < 1.29 is 4.79 Å². The van der Waals surface area contributed by atoms with Gasteiger partial charge in [0, 0.05) is 13.1 Å². The van der Waals surface area contributed by atoms with E-state index in [1.54, 1.807) is 4.68 Å². The summed E-state index contributed by atoms with van der Waals surface area (Å²) in [5.74, 6) is 0.961. The number of para-hydroxylation sites is 2. The SMILES string of the molecule is N#Cc1ncn(CCNC(=O)N2CCCCC2c2nc3ccccc3[nH]2)n1. The van der Waals surface area contributed by atoms with Crippen molar-refractivity contribution in [2.45, 2.75) is 31.8 Å². The zero-order valence-electron chi connectivity index (χ0n) is 14.8. The Bertz CT molecular complexity index is 952. The molecule has 3 heterocycles. The van der Waals surface area contributed by atoms with Crippen molar-refractivity contribution >= 4 is 17.1 Å². The molecular formula is C18H20N8O. The van der Waals surface area contributed by atoms with Crippen LogP contribution in [-0.2, 0) is 6.54 Å². The normalized spacial score (nSPS) is 17.0. The quantitative estimate of drug-likeness (QED) is 0.734. The van der Waals surface area contributed by atoms with E-state index in [1.807, 2.05) is 35.2 Å². The molecule has 2 aromatic heterocycles. The lowest BCUT2D eigenvalue weighted by Gasteiger charge is -2.34. The molecule has 4 rings (SSSR count). The van der Waals surface area contributed by atoms with Gasteiger partial charge in [0.25, 0.3) is 5.82 Å². The zero-order chi connectivity index (χ0) is 18.6. The van der Waals surface area contributed by atoms with Gasteiger partial charge in [0.1, 0.15) is 18.2 Å². The van der Waals surface area contributed by atoms with Crippen LogP contribution < -0.4 is 5.32 Å². The molecule has 1 unspecified atom stereocenters. The third kappa shape index (κ3) is 3.60. The number of H-pyrrole nitrogens is 1. The molecular weight excluding hydrogens is 344 g/mol. The minimum absolute atomic E-state index is 0.0530. The summed E-state index contributed by atoms with van der Waals surface area (Å²) < 4.78 is 1.55. The molecule has 1 aromatic carbocycles. The summed E-state index contributed by atoms with van der Waals surface area (Å²) in [6.45, 7) is 1.58. The lowest BCUT2D eigenvalue weighted by molar-refractivity contribution is 0.148. The number of aromatic nitrogens is 5. The van der Waals surface area contributed by atoms with Crippen molar-refractivity contribution in [2.75, 3.05) is 13.1 Å². The Labute approximate surface area is 156 Å². The van der Waals surface area contributed by atoms with E-state index >= 15 is 0 Å². The van der Waals surface area contributed by atoms with Crippen molar-refractivity contribution in [3.05, 3.63) is 42.2 Å². The molecule has 2 N–H and O–H groups in total. The lowest BCUT2D eigenvalue weighted by atomic mass is 10.0. The number of rotatable bonds is 4. The number of nitrogens with zero attached hydrogens (tertiary/aromatic N) is 6. The molecule has 1 aliphatic rings. The van der Waals surface area contributed by atoms with E-state index in [9.17, 15) is 4.79 Å². The van der Waals surface area contributed by atoms with Gasteiger partial charge in [-0.2, -0.15) is 5.26 Å². The summed E-state index contributed by atoms with van der Waals surface area (Å²) in [5, 5.41) is 15.7. The van der Waals surface area contributed by atoms with E-state index in [0.717, 1.165) is 36.1 Å². The lowest BCUT2D eigenvalue weighted by Crippen LogP contribution is -2.45. The van der Waals surface area contributed by atoms with Gasteiger partial charge in [0.15, 0.2) is 0 Å². The number of nitrogens with one attached hydrogen (secondary N) is 2. The number of nitriles is 1. The van der Waals surface area contributed by atoms with Crippen molar-refractivity contribution in [3.63, 3.8) is 0 Å². The first-order valence-electron chi connectivity index (χ1n) is 9.03. The maximum Gasteiger partial charge on any atom is 0.318 e. The number of aromatic amines is 1. The second-order valence-corrected chi connectivity index (χ2v) is 6.52. The summed E-state index contributed by atoms with van der Waals surface area (Å²) in [5.41, 5.74) is 1.90. The van der Waals surface area contributed by atoms with Crippen LogP contribution in [0.2, 0.25) is 0 Å². The fraction of sp³-hybridized carbons (Fsp3) is 0.389. The third-order valence-corrected chi connectivity index (χ3v) is 4.74. The molecule has 0 spiro atoms. The Morgan fingerprint density at radius 3 is 3.07 bits per heavy atom. The van der Waals surface area contributed by atoms with Gasteiger partial charge in [-0.05, 0) is 31.4 Å².